The van der Waals surface area contributed by atoms with E-state index < -0.39 is 6.36 Å². The first-order valence-electron chi connectivity index (χ1n) is 7.15. The molecular formula is C15H20ClF3N2O2. The van der Waals surface area contributed by atoms with E-state index in [-0.39, 0.29) is 36.5 Å². The van der Waals surface area contributed by atoms with Gasteiger partial charge in [0, 0.05) is 20.1 Å². The largest absolute Gasteiger partial charge is 0.573 e. The van der Waals surface area contributed by atoms with Gasteiger partial charge in [-0.1, -0.05) is 12.1 Å². The minimum atomic E-state index is -4.71. The van der Waals surface area contributed by atoms with Gasteiger partial charge in [-0.05, 0) is 37.1 Å². The number of nitrogens with zero attached hydrogens (tertiary/aromatic N) is 1. The van der Waals surface area contributed by atoms with Crippen molar-refractivity contribution >= 4 is 18.3 Å². The SMILES string of the molecule is CN(Cc1cccc(OC(F)(F)F)c1)C(=O)C1CCCNC1.Cl. The molecule has 0 aliphatic carbocycles. The van der Waals surface area contributed by atoms with Crippen LogP contribution in [0.25, 0.3) is 0 Å². The Bertz CT molecular complexity index is 520. The van der Waals surface area contributed by atoms with Crippen molar-refractivity contribution in [2.24, 2.45) is 5.92 Å². The number of alkyl halides is 3. The molecule has 23 heavy (non-hydrogen) atoms. The summed E-state index contributed by atoms with van der Waals surface area (Å²) >= 11 is 0. The Kier molecular flexibility index (Phi) is 7.15. The molecular weight excluding hydrogens is 333 g/mol. The molecule has 0 saturated carbocycles. The molecule has 0 radical (unpaired) electrons. The fourth-order valence-corrected chi connectivity index (χ4v) is 2.57. The average Bonchev–Trinajstić information content (AvgIpc) is 2.46. The fourth-order valence-electron chi connectivity index (χ4n) is 2.57. The van der Waals surface area contributed by atoms with Gasteiger partial charge in [0.25, 0.3) is 0 Å². The number of carbonyl (C=O) groups excluding carboxylic acids is 1. The van der Waals surface area contributed by atoms with Crippen LogP contribution in [-0.2, 0) is 11.3 Å². The first kappa shape index (κ1) is 19.6. The van der Waals surface area contributed by atoms with Crippen molar-refractivity contribution in [3.63, 3.8) is 0 Å². The van der Waals surface area contributed by atoms with E-state index in [0.717, 1.165) is 19.4 Å². The number of nitrogens with one attached hydrogen (secondary N) is 1. The third-order valence-electron chi connectivity index (χ3n) is 3.57. The van der Waals surface area contributed by atoms with Gasteiger partial charge in [0.05, 0.1) is 5.92 Å². The Balaban J connectivity index is 0.00000264. The molecule has 1 aliphatic heterocycles. The van der Waals surface area contributed by atoms with E-state index in [4.69, 9.17) is 0 Å². The summed E-state index contributed by atoms with van der Waals surface area (Å²) in [4.78, 5) is 13.8. The third kappa shape index (κ3) is 6.27. The second-order valence-electron chi connectivity index (χ2n) is 5.43. The normalized spacial score (nSPS) is 18.0. The van der Waals surface area contributed by atoms with Gasteiger partial charge in [0.15, 0.2) is 0 Å². The van der Waals surface area contributed by atoms with Crippen molar-refractivity contribution in [3.05, 3.63) is 29.8 Å². The van der Waals surface area contributed by atoms with Crippen LogP contribution < -0.4 is 10.1 Å². The van der Waals surface area contributed by atoms with E-state index >= 15 is 0 Å². The zero-order valence-corrected chi connectivity index (χ0v) is 13.5. The van der Waals surface area contributed by atoms with E-state index in [1.165, 1.54) is 18.2 Å². The molecule has 1 amide bonds. The van der Waals surface area contributed by atoms with Crippen molar-refractivity contribution in [1.82, 2.24) is 10.2 Å². The molecule has 1 N–H and O–H groups in total. The molecule has 1 aliphatic rings. The molecule has 4 nitrogen and oxygen atoms in total. The average molecular weight is 353 g/mol. The number of hydrogen-bond acceptors (Lipinski definition) is 3. The first-order valence-corrected chi connectivity index (χ1v) is 7.15. The van der Waals surface area contributed by atoms with E-state index in [9.17, 15) is 18.0 Å². The molecule has 8 heteroatoms. The number of halogens is 4. The Morgan fingerprint density at radius 3 is 2.78 bits per heavy atom. The second kappa shape index (κ2) is 8.40. The smallest absolute Gasteiger partial charge is 0.406 e. The number of benzene rings is 1. The van der Waals surface area contributed by atoms with Gasteiger partial charge >= 0.3 is 6.36 Å². The van der Waals surface area contributed by atoms with Crippen LogP contribution in [0.2, 0.25) is 0 Å². The molecule has 1 saturated heterocycles. The van der Waals surface area contributed by atoms with Crippen LogP contribution in [0.3, 0.4) is 0 Å². The lowest BCUT2D eigenvalue weighted by Crippen LogP contribution is -2.41. The van der Waals surface area contributed by atoms with Gasteiger partial charge in [-0.15, -0.1) is 25.6 Å². The summed E-state index contributed by atoms with van der Waals surface area (Å²) in [5.41, 5.74) is 0.598. The van der Waals surface area contributed by atoms with Gasteiger partial charge in [0.1, 0.15) is 5.75 Å². The Morgan fingerprint density at radius 1 is 1.43 bits per heavy atom. The molecule has 1 atom stereocenters. The summed E-state index contributed by atoms with van der Waals surface area (Å²) in [7, 11) is 1.66. The van der Waals surface area contributed by atoms with Gasteiger partial charge in [0.2, 0.25) is 5.91 Å². The van der Waals surface area contributed by atoms with Crippen molar-refractivity contribution in [1.29, 1.82) is 0 Å². The van der Waals surface area contributed by atoms with E-state index in [2.05, 4.69) is 10.1 Å². The van der Waals surface area contributed by atoms with Gasteiger partial charge < -0.3 is 15.0 Å². The molecule has 1 unspecified atom stereocenters. The fraction of sp³-hybridized carbons (Fsp3) is 0.533. The first-order chi connectivity index (χ1) is 10.3. The maximum atomic E-state index is 12.3. The molecule has 1 heterocycles. The minimum Gasteiger partial charge on any atom is -0.406 e. The van der Waals surface area contributed by atoms with E-state index in [0.29, 0.717) is 12.1 Å². The molecule has 2 rings (SSSR count). The second-order valence-corrected chi connectivity index (χ2v) is 5.43. The van der Waals surface area contributed by atoms with Crippen LogP contribution in [0, 0.1) is 5.92 Å². The molecule has 1 aromatic rings. The number of rotatable bonds is 4. The lowest BCUT2D eigenvalue weighted by molar-refractivity contribution is -0.274. The minimum absolute atomic E-state index is 0. The predicted octanol–water partition coefficient (Wildman–Crippen LogP) is 2.97. The summed E-state index contributed by atoms with van der Waals surface area (Å²) in [5.74, 6) is -0.326. The molecule has 0 spiro atoms. The Hall–Kier alpha value is -1.47. The number of hydrogen-bond donors (Lipinski definition) is 1. The molecule has 1 fully saturated rings. The van der Waals surface area contributed by atoms with Crippen LogP contribution in [-0.4, -0.2) is 37.3 Å². The lowest BCUT2D eigenvalue weighted by Gasteiger charge is -2.27. The van der Waals surface area contributed by atoms with Crippen LogP contribution in [0.15, 0.2) is 24.3 Å². The predicted molar refractivity (Wildman–Crippen MR) is 82.4 cm³/mol. The van der Waals surface area contributed by atoms with Gasteiger partial charge in [-0.25, -0.2) is 0 Å². The number of carbonyl (C=O) groups is 1. The topological polar surface area (TPSA) is 41.6 Å². The van der Waals surface area contributed by atoms with E-state index in [1.807, 2.05) is 0 Å². The number of amides is 1. The summed E-state index contributed by atoms with van der Waals surface area (Å²) < 4.78 is 40.5. The summed E-state index contributed by atoms with van der Waals surface area (Å²) in [6.07, 6.45) is -2.92. The summed E-state index contributed by atoms with van der Waals surface area (Å²) in [6.45, 7) is 1.83. The highest BCUT2D eigenvalue weighted by atomic mass is 35.5. The molecule has 0 aromatic heterocycles. The maximum Gasteiger partial charge on any atom is 0.573 e. The van der Waals surface area contributed by atoms with Crippen LogP contribution in [0.5, 0.6) is 5.75 Å². The van der Waals surface area contributed by atoms with Crippen molar-refractivity contribution < 1.29 is 22.7 Å². The van der Waals surface area contributed by atoms with Crippen molar-refractivity contribution in [3.8, 4) is 5.75 Å². The van der Waals surface area contributed by atoms with Gasteiger partial charge in [-0.3, -0.25) is 4.79 Å². The highest BCUT2D eigenvalue weighted by Crippen LogP contribution is 2.24. The molecule has 130 valence electrons. The van der Waals surface area contributed by atoms with Crippen LogP contribution >= 0.6 is 12.4 Å². The highest BCUT2D eigenvalue weighted by Gasteiger charge is 2.31. The summed E-state index contributed by atoms with van der Waals surface area (Å²) in [5, 5.41) is 3.18. The molecule has 1 aromatic carbocycles. The van der Waals surface area contributed by atoms with Crippen molar-refractivity contribution in [2.45, 2.75) is 25.7 Å². The Morgan fingerprint density at radius 2 is 2.17 bits per heavy atom. The quantitative estimate of drug-likeness (QED) is 0.905. The monoisotopic (exact) mass is 352 g/mol. The lowest BCUT2D eigenvalue weighted by atomic mass is 9.98. The molecule has 0 bridgehead atoms. The van der Waals surface area contributed by atoms with Crippen molar-refractivity contribution in [2.75, 3.05) is 20.1 Å². The van der Waals surface area contributed by atoms with E-state index in [1.54, 1.807) is 18.0 Å². The van der Waals surface area contributed by atoms with Gasteiger partial charge in [-0.2, -0.15) is 0 Å². The number of ether oxygens (including phenoxy) is 1. The number of piperidine rings is 1. The standard InChI is InChI=1S/C15H19F3N2O2.ClH/c1-20(14(21)12-5-3-7-19-9-12)10-11-4-2-6-13(8-11)22-15(16,17)18;/h2,4,6,8,12,19H,3,5,7,9-10H2,1H3;1H. The zero-order chi connectivity index (χ0) is 16.2. The Labute approximate surface area is 139 Å². The van der Waals surface area contributed by atoms with Crippen LogP contribution in [0.4, 0.5) is 13.2 Å². The maximum absolute atomic E-state index is 12.3. The highest BCUT2D eigenvalue weighted by molar-refractivity contribution is 5.85. The summed E-state index contributed by atoms with van der Waals surface area (Å²) in [6, 6.07) is 5.70. The van der Waals surface area contributed by atoms with Crippen LogP contribution in [0.1, 0.15) is 18.4 Å². The zero-order valence-electron chi connectivity index (χ0n) is 12.7. The third-order valence-corrected chi connectivity index (χ3v) is 3.57.